The van der Waals surface area contributed by atoms with E-state index in [9.17, 15) is 13.2 Å². The first-order chi connectivity index (χ1) is 10.4. The van der Waals surface area contributed by atoms with E-state index in [1.165, 1.54) is 0 Å². The molecule has 2 aromatic rings. The highest BCUT2D eigenvalue weighted by molar-refractivity contribution is 7.91. The van der Waals surface area contributed by atoms with Crippen molar-refractivity contribution in [3.63, 3.8) is 0 Å². The fourth-order valence-corrected chi connectivity index (χ4v) is 3.63. The largest absolute Gasteiger partial charge is 0.478 e. The number of carboxylic acid groups (broad SMARTS) is 1. The number of hydrogen-bond acceptors (Lipinski definition) is 3. The second-order valence-electron chi connectivity index (χ2n) is 4.83. The average Bonchev–Trinajstić information content (AvgIpc) is 2.53. The van der Waals surface area contributed by atoms with E-state index >= 15 is 0 Å². The van der Waals surface area contributed by atoms with Gasteiger partial charge in [0.2, 0.25) is 9.84 Å². The Kier molecular flexibility index (Phi) is 4.78. The minimum absolute atomic E-state index is 0.0620. The number of sulfone groups is 1. The molecule has 22 heavy (non-hydrogen) atoms. The van der Waals surface area contributed by atoms with Crippen LogP contribution in [0.15, 0.2) is 76.5 Å². The minimum atomic E-state index is -3.61. The van der Waals surface area contributed by atoms with Crippen LogP contribution in [0.4, 0.5) is 0 Å². The molecule has 0 spiro atoms. The smallest absolute Gasteiger partial charge is 0.330 e. The molecule has 0 aromatic heterocycles. The fourth-order valence-electron chi connectivity index (χ4n) is 2.09. The molecule has 114 valence electrons. The lowest BCUT2D eigenvalue weighted by Crippen LogP contribution is -2.07. The third kappa shape index (κ3) is 3.43. The van der Waals surface area contributed by atoms with E-state index < -0.39 is 15.8 Å². The zero-order chi connectivity index (χ0) is 16.2. The maximum Gasteiger partial charge on any atom is 0.330 e. The number of carboxylic acids is 1. The molecule has 1 N–H and O–H groups in total. The van der Waals surface area contributed by atoms with Crippen molar-refractivity contribution in [3.8, 4) is 0 Å². The molecule has 0 heterocycles. The predicted molar refractivity (Wildman–Crippen MR) is 83.4 cm³/mol. The van der Waals surface area contributed by atoms with Crippen molar-refractivity contribution in [2.45, 2.75) is 22.6 Å². The number of aliphatic carboxylic acids is 1. The molecule has 0 radical (unpaired) electrons. The molecular weight excluding hydrogens is 300 g/mol. The van der Waals surface area contributed by atoms with Crippen LogP contribution in [0, 0.1) is 0 Å². The van der Waals surface area contributed by atoms with E-state index in [0.29, 0.717) is 12.0 Å². The number of rotatable bonds is 6. The number of benzene rings is 2. The Morgan fingerprint density at radius 3 is 2.23 bits per heavy atom. The van der Waals surface area contributed by atoms with Crippen LogP contribution in [0.1, 0.15) is 12.0 Å². The standard InChI is InChI=1S/C17H16O4S/c1-13(17(18)19)11-12-14-7-5-6-10-16(14)22(20,21)15-8-3-2-4-9-15/h2-10H,1,11-12H2,(H,18,19). The Labute approximate surface area is 129 Å². The second-order valence-corrected chi connectivity index (χ2v) is 6.75. The molecule has 0 atom stereocenters. The van der Waals surface area contributed by atoms with Gasteiger partial charge in [-0.1, -0.05) is 43.0 Å². The van der Waals surface area contributed by atoms with Crippen molar-refractivity contribution in [2.75, 3.05) is 0 Å². The van der Waals surface area contributed by atoms with Crippen LogP contribution < -0.4 is 0 Å². The molecule has 0 aliphatic carbocycles. The van der Waals surface area contributed by atoms with Crippen molar-refractivity contribution >= 4 is 15.8 Å². The van der Waals surface area contributed by atoms with Gasteiger partial charge in [0.1, 0.15) is 0 Å². The molecule has 0 aliphatic heterocycles. The van der Waals surface area contributed by atoms with Gasteiger partial charge in [-0.3, -0.25) is 0 Å². The van der Waals surface area contributed by atoms with Gasteiger partial charge < -0.3 is 5.11 Å². The summed E-state index contributed by atoms with van der Waals surface area (Å²) in [4.78, 5) is 11.2. The average molecular weight is 316 g/mol. The van der Waals surface area contributed by atoms with Crippen molar-refractivity contribution in [3.05, 3.63) is 72.3 Å². The number of hydrogen-bond donors (Lipinski definition) is 1. The molecular formula is C17H16O4S. The maximum atomic E-state index is 12.7. The molecule has 2 aromatic carbocycles. The minimum Gasteiger partial charge on any atom is -0.478 e. The van der Waals surface area contributed by atoms with Crippen molar-refractivity contribution < 1.29 is 18.3 Å². The van der Waals surface area contributed by atoms with Gasteiger partial charge in [-0.05, 0) is 36.6 Å². The van der Waals surface area contributed by atoms with E-state index in [1.807, 2.05) is 0 Å². The fraction of sp³-hybridized carbons (Fsp3) is 0.118. The molecule has 0 amide bonds. The van der Waals surface area contributed by atoms with Crippen LogP contribution in [-0.4, -0.2) is 19.5 Å². The summed E-state index contributed by atoms with van der Waals surface area (Å²) < 4.78 is 25.4. The van der Waals surface area contributed by atoms with Gasteiger partial charge >= 0.3 is 5.97 Å². The summed E-state index contributed by atoms with van der Waals surface area (Å²) in [6.45, 7) is 3.47. The Balaban J connectivity index is 2.36. The maximum absolute atomic E-state index is 12.7. The summed E-state index contributed by atoms with van der Waals surface area (Å²) in [5.74, 6) is -1.07. The molecule has 5 heteroatoms. The van der Waals surface area contributed by atoms with Crippen LogP contribution in [0.3, 0.4) is 0 Å². The molecule has 0 unspecified atom stereocenters. The van der Waals surface area contributed by atoms with E-state index in [0.717, 1.165) is 0 Å². The van der Waals surface area contributed by atoms with E-state index in [1.54, 1.807) is 54.6 Å². The lowest BCUT2D eigenvalue weighted by Gasteiger charge is -2.10. The van der Waals surface area contributed by atoms with Gasteiger partial charge in [0, 0.05) is 5.57 Å². The normalized spacial score (nSPS) is 11.1. The van der Waals surface area contributed by atoms with Crippen LogP contribution in [0.5, 0.6) is 0 Å². The van der Waals surface area contributed by atoms with Gasteiger partial charge in [-0.2, -0.15) is 0 Å². The van der Waals surface area contributed by atoms with Gasteiger partial charge in [0.25, 0.3) is 0 Å². The van der Waals surface area contributed by atoms with Crippen LogP contribution in [-0.2, 0) is 21.1 Å². The molecule has 0 saturated heterocycles. The summed E-state index contributed by atoms with van der Waals surface area (Å²) in [5.41, 5.74) is 0.653. The first-order valence-corrected chi connectivity index (χ1v) is 8.20. The third-order valence-electron chi connectivity index (χ3n) is 3.31. The molecule has 0 saturated carbocycles. The highest BCUT2D eigenvalue weighted by Crippen LogP contribution is 2.25. The lowest BCUT2D eigenvalue weighted by atomic mass is 10.1. The Hall–Kier alpha value is -2.40. The lowest BCUT2D eigenvalue weighted by molar-refractivity contribution is -0.132. The molecule has 2 rings (SSSR count). The molecule has 0 bridgehead atoms. The Morgan fingerprint density at radius 1 is 1.00 bits per heavy atom. The predicted octanol–water partition coefficient (Wildman–Crippen LogP) is 3.09. The molecule has 4 nitrogen and oxygen atoms in total. The van der Waals surface area contributed by atoms with Gasteiger partial charge in [-0.25, -0.2) is 13.2 Å². The SMILES string of the molecule is C=C(CCc1ccccc1S(=O)(=O)c1ccccc1)C(=O)O. The van der Waals surface area contributed by atoms with Gasteiger partial charge in [-0.15, -0.1) is 0 Å². The molecule has 0 fully saturated rings. The number of carbonyl (C=O) groups is 1. The summed E-state index contributed by atoms with van der Waals surface area (Å²) in [6.07, 6.45) is 0.518. The van der Waals surface area contributed by atoms with E-state index in [-0.39, 0.29) is 21.8 Å². The Bertz CT molecular complexity index is 792. The van der Waals surface area contributed by atoms with Crippen molar-refractivity contribution in [1.29, 1.82) is 0 Å². The topological polar surface area (TPSA) is 71.4 Å². The Morgan fingerprint density at radius 2 is 1.59 bits per heavy atom. The zero-order valence-corrected chi connectivity index (χ0v) is 12.7. The first kappa shape index (κ1) is 16.0. The summed E-state index contributed by atoms with van der Waals surface area (Å²) in [5, 5.41) is 8.85. The van der Waals surface area contributed by atoms with Crippen LogP contribution >= 0.6 is 0 Å². The summed E-state index contributed by atoms with van der Waals surface area (Å²) >= 11 is 0. The monoisotopic (exact) mass is 316 g/mol. The number of aryl methyl sites for hydroxylation is 1. The second kappa shape index (κ2) is 6.58. The van der Waals surface area contributed by atoms with Crippen molar-refractivity contribution in [2.24, 2.45) is 0 Å². The first-order valence-electron chi connectivity index (χ1n) is 6.72. The van der Waals surface area contributed by atoms with Crippen LogP contribution in [0.25, 0.3) is 0 Å². The zero-order valence-electron chi connectivity index (χ0n) is 11.9. The quantitative estimate of drug-likeness (QED) is 0.831. The third-order valence-corrected chi connectivity index (χ3v) is 5.18. The van der Waals surface area contributed by atoms with Crippen LogP contribution in [0.2, 0.25) is 0 Å². The summed E-state index contributed by atoms with van der Waals surface area (Å²) in [6, 6.07) is 14.8. The van der Waals surface area contributed by atoms with Gasteiger partial charge in [0.05, 0.1) is 9.79 Å². The van der Waals surface area contributed by atoms with Gasteiger partial charge in [0.15, 0.2) is 0 Å². The van der Waals surface area contributed by atoms with E-state index in [2.05, 4.69) is 6.58 Å². The highest BCUT2D eigenvalue weighted by atomic mass is 32.2. The highest BCUT2D eigenvalue weighted by Gasteiger charge is 2.20. The summed E-state index contributed by atoms with van der Waals surface area (Å²) in [7, 11) is -3.61. The van der Waals surface area contributed by atoms with Crippen molar-refractivity contribution in [1.82, 2.24) is 0 Å². The van der Waals surface area contributed by atoms with E-state index in [4.69, 9.17) is 5.11 Å². The molecule has 0 aliphatic rings.